The van der Waals surface area contributed by atoms with Crippen LogP contribution in [-0.4, -0.2) is 11.3 Å². The van der Waals surface area contributed by atoms with E-state index in [2.05, 4.69) is 204 Å². The van der Waals surface area contributed by atoms with E-state index in [1.165, 1.54) is 131 Å². The minimum absolute atomic E-state index is 0.113. The second-order valence-electron chi connectivity index (χ2n) is 16.8. The van der Waals surface area contributed by atoms with Crippen molar-refractivity contribution in [2.24, 2.45) is 0 Å². The van der Waals surface area contributed by atoms with Crippen molar-refractivity contribution in [2.75, 3.05) is 0 Å². The summed E-state index contributed by atoms with van der Waals surface area (Å²) in [5.74, 6) is 0. The molecule has 0 aliphatic heterocycles. The number of rotatable bonds is 4. The molecule has 0 atom stereocenters. The van der Waals surface area contributed by atoms with Crippen molar-refractivity contribution >= 4 is 98.8 Å². The van der Waals surface area contributed by atoms with Crippen molar-refractivity contribution in [2.45, 2.75) is 41.5 Å². The Kier molecular flexibility index (Phi) is 7.72. The number of hydrogen-bond donors (Lipinski definition) is 0. The second-order valence-corrected chi connectivity index (χ2v) is 16.8. The van der Waals surface area contributed by atoms with Gasteiger partial charge in [-0.1, -0.05) is 195 Å². The normalized spacial score (nSPS) is 12.0. The summed E-state index contributed by atoms with van der Waals surface area (Å²) in [7, 11) is 0. The first-order valence-corrected chi connectivity index (χ1v) is 20.6. The van der Waals surface area contributed by atoms with Crippen LogP contribution in [-0.2, 0) is 0 Å². The summed E-state index contributed by atoms with van der Waals surface area (Å²) in [5, 5.41) is 15.3. The van der Waals surface area contributed by atoms with E-state index in [1.54, 1.807) is 0 Å². The van der Waals surface area contributed by atoms with E-state index in [1.807, 2.05) is 0 Å². The molecule has 0 fully saturated rings. The summed E-state index contributed by atoms with van der Waals surface area (Å²) < 4.78 is 2.54. The lowest BCUT2D eigenvalue weighted by Gasteiger charge is -2.25. The molecule has 11 aromatic rings. The van der Waals surface area contributed by atoms with Gasteiger partial charge in [0.05, 0.1) is 11.0 Å². The lowest BCUT2D eigenvalue weighted by atomic mass is 9.34. The summed E-state index contributed by atoms with van der Waals surface area (Å²) >= 11 is 0. The van der Waals surface area contributed by atoms with Crippen LogP contribution < -0.4 is 16.4 Å². The maximum absolute atomic E-state index is 2.54. The Morgan fingerprint density at radius 2 is 0.724 bits per heavy atom. The monoisotopic (exact) mass is 741 g/mol. The van der Waals surface area contributed by atoms with Crippen LogP contribution >= 0.6 is 0 Å². The van der Waals surface area contributed by atoms with Crippen LogP contribution in [0.1, 0.15) is 33.4 Å². The molecule has 2 heteroatoms. The van der Waals surface area contributed by atoms with Crippen molar-refractivity contribution < 1.29 is 0 Å². The van der Waals surface area contributed by atoms with Gasteiger partial charge in [-0.15, -0.1) is 0 Å². The van der Waals surface area contributed by atoms with Crippen molar-refractivity contribution in [3.05, 3.63) is 191 Å². The van der Waals surface area contributed by atoms with Crippen LogP contribution in [0.3, 0.4) is 0 Å². The van der Waals surface area contributed by atoms with Crippen molar-refractivity contribution in [1.82, 2.24) is 4.57 Å². The summed E-state index contributed by atoms with van der Waals surface area (Å²) in [6.45, 7) is 13.7. The fraction of sp³-hybridized carbons (Fsp3) is 0.107. The summed E-state index contributed by atoms with van der Waals surface area (Å²) in [4.78, 5) is 0. The quantitative estimate of drug-likeness (QED) is 0.125. The van der Waals surface area contributed by atoms with E-state index in [9.17, 15) is 0 Å². The first kappa shape index (κ1) is 34.6. The van der Waals surface area contributed by atoms with E-state index in [0.717, 1.165) is 0 Å². The van der Waals surface area contributed by atoms with Crippen LogP contribution in [0.25, 0.3) is 81.4 Å². The van der Waals surface area contributed by atoms with Gasteiger partial charge in [0, 0.05) is 27.2 Å². The highest BCUT2D eigenvalue weighted by molar-refractivity contribution is 6.96. The van der Waals surface area contributed by atoms with Gasteiger partial charge in [0.25, 0.3) is 0 Å². The minimum atomic E-state index is 0.113. The lowest BCUT2D eigenvalue weighted by molar-refractivity contribution is 1.20. The fourth-order valence-corrected chi connectivity index (χ4v) is 10.8. The van der Waals surface area contributed by atoms with Crippen LogP contribution in [0.4, 0.5) is 0 Å². The highest BCUT2D eigenvalue weighted by Crippen LogP contribution is 2.42. The van der Waals surface area contributed by atoms with Crippen LogP contribution in [0.15, 0.2) is 158 Å². The molecule has 0 spiro atoms. The van der Waals surface area contributed by atoms with Gasteiger partial charge >= 0.3 is 0 Å². The van der Waals surface area contributed by atoms with Crippen molar-refractivity contribution in [3.63, 3.8) is 0 Å². The maximum atomic E-state index is 2.54. The Morgan fingerprint density at radius 1 is 0.328 bits per heavy atom. The Labute approximate surface area is 340 Å². The van der Waals surface area contributed by atoms with Gasteiger partial charge < -0.3 is 4.57 Å². The van der Waals surface area contributed by atoms with Crippen LogP contribution in [0.2, 0.25) is 0 Å². The standard InChI is InChI=1S/C56H44BN/c1-33-27-35(3)53(36(4)28-33)57(54-37(5)29-34(2)30-38(54)6)41-21-25-47-48-26-22-42(32-52(48)46-18-12-11-17-45(46)51(47)31-41)58-55-43-15-9-7-13-39(43)19-23-49(55)50-24-20-40-14-8-10-16-44(40)56(50)58/h7-32H,1-6H3. The summed E-state index contributed by atoms with van der Waals surface area (Å²) in [5.41, 5.74) is 15.9. The van der Waals surface area contributed by atoms with Crippen LogP contribution in [0, 0.1) is 41.5 Å². The molecule has 0 saturated heterocycles. The second kappa shape index (κ2) is 12.9. The SMILES string of the molecule is Cc1cc(C)c(B(c2ccc3c4ccc(-n5c6c7ccccc7ccc6c6ccc7ccccc7c65)cc4c4ccccc4c3c2)c2c(C)cc(C)cc2C)c(C)c1. The molecule has 276 valence electrons. The lowest BCUT2D eigenvalue weighted by Crippen LogP contribution is -2.55. The van der Waals surface area contributed by atoms with Crippen LogP contribution in [0.5, 0.6) is 0 Å². The molecule has 0 saturated carbocycles. The van der Waals surface area contributed by atoms with E-state index in [4.69, 9.17) is 0 Å². The number of hydrogen-bond acceptors (Lipinski definition) is 0. The van der Waals surface area contributed by atoms with E-state index in [-0.39, 0.29) is 6.71 Å². The third kappa shape index (κ3) is 5.11. The highest BCUT2D eigenvalue weighted by Gasteiger charge is 2.29. The molecule has 0 aliphatic carbocycles. The Morgan fingerprint density at radius 3 is 1.22 bits per heavy atom. The molecule has 10 aromatic carbocycles. The first-order chi connectivity index (χ1) is 28.2. The summed E-state index contributed by atoms with van der Waals surface area (Å²) in [6, 6.07) is 59.9. The molecule has 1 aromatic heterocycles. The number of nitrogens with zero attached hydrogens (tertiary/aromatic N) is 1. The van der Waals surface area contributed by atoms with E-state index >= 15 is 0 Å². The molecule has 0 N–H and O–H groups in total. The smallest absolute Gasteiger partial charge is 0.242 e. The average molecular weight is 742 g/mol. The number of benzene rings is 10. The molecule has 58 heavy (non-hydrogen) atoms. The number of aryl methyl sites for hydroxylation is 6. The zero-order valence-corrected chi connectivity index (χ0v) is 34.0. The molecular formula is C56H44BN. The molecule has 0 radical (unpaired) electrons. The van der Waals surface area contributed by atoms with Gasteiger partial charge in [0.1, 0.15) is 0 Å². The van der Waals surface area contributed by atoms with E-state index in [0.29, 0.717) is 0 Å². The minimum Gasteiger partial charge on any atom is -0.308 e. The molecule has 0 aliphatic rings. The van der Waals surface area contributed by atoms with E-state index < -0.39 is 0 Å². The third-order valence-electron chi connectivity index (χ3n) is 13.0. The maximum Gasteiger partial charge on any atom is 0.242 e. The fourth-order valence-electron chi connectivity index (χ4n) is 10.8. The zero-order valence-electron chi connectivity index (χ0n) is 34.0. The van der Waals surface area contributed by atoms with Gasteiger partial charge in [-0.3, -0.25) is 0 Å². The van der Waals surface area contributed by atoms with Crippen molar-refractivity contribution in [3.8, 4) is 5.69 Å². The third-order valence-corrected chi connectivity index (χ3v) is 13.0. The predicted octanol–water partition coefficient (Wildman–Crippen LogP) is 12.9. The largest absolute Gasteiger partial charge is 0.308 e. The first-order valence-electron chi connectivity index (χ1n) is 20.6. The van der Waals surface area contributed by atoms with Gasteiger partial charge in [-0.25, -0.2) is 0 Å². The molecule has 0 bridgehead atoms. The van der Waals surface area contributed by atoms with Gasteiger partial charge in [0.2, 0.25) is 6.71 Å². The van der Waals surface area contributed by atoms with Gasteiger partial charge in [0.15, 0.2) is 0 Å². The number of aromatic nitrogens is 1. The van der Waals surface area contributed by atoms with Crippen molar-refractivity contribution in [1.29, 1.82) is 0 Å². The average Bonchev–Trinajstić information content (AvgIpc) is 3.58. The molecule has 1 heterocycles. The molecule has 0 amide bonds. The molecule has 1 nitrogen and oxygen atoms in total. The number of fused-ring (bicyclic) bond motifs is 13. The van der Waals surface area contributed by atoms with Gasteiger partial charge in [-0.2, -0.15) is 0 Å². The molecule has 0 unspecified atom stereocenters. The highest BCUT2D eigenvalue weighted by atomic mass is 15.0. The van der Waals surface area contributed by atoms with Gasteiger partial charge in [-0.05, 0) is 96.8 Å². The Bertz CT molecular complexity index is 3310. The topological polar surface area (TPSA) is 4.93 Å². The Hall–Kier alpha value is -6.64. The predicted molar refractivity (Wildman–Crippen MR) is 254 cm³/mol. The molecular weight excluding hydrogens is 697 g/mol. The zero-order chi connectivity index (χ0) is 39.4. The molecule has 11 rings (SSSR count). The summed E-state index contributed by atoms with van der Waals surface area (Å²) in [6.07, 6.45) is 0. The Balaban J connectivity index is 1.21.